The molecular weight excluding hydrogens is 328 g/mol. The molecule has 1 aliphatic carbocycles. The Kier molecular flexibility index (Phi) is 4.80. The second-order valence-electron chi connectivity index (χ2n) is 6.98. The first-order chi connectivity index (χ1) is 12.7. The quantitative estimate of drug-likeness (QED) is 0.833. The molecule has 2 aromatic rings. The molecule has 0 bridgehead atoms. The van der Waals surface area contributed by atoms with Gasteiger partial charge in [-0.3, -0.25) is 4.79 Å². The Morgan fingerprint density at radius 1 is 1.08 bits per heavy atom. The van der Waals surface area contributed by atoms with Gasteiger partial charge in [0.25, 0.3) is 0 Å². The van der Waals surface area contributed by atoms with Crippen molar-refractivity contribution >= 4 is 11.6 Å². The summed E-state index contributed by atoms with van der Waals surface area (Å²) in [6.45, 7) is 3.53. The summed E-state index contributed by atoms with van der Waals surface area (Å²) in [5, 5.41) is 6.49. The van der Waals surface area contributed by atoms with Crippen molar-refractivity contribution in [2.75, 3.05) is 18.5 Å². The van der Waals surface area contributed by atoms with Gasteiger partial charge in [0, 0.05) is 25.2 Å². The van der Waals surface area contributed by atoms with Crippen LogP contribution < -0.4 is 20.1 Å². The van der Waals surface area contributed by atoms with E-state index < -0.39 is 0 Å². The molecule has 0 aromatic heterocycles. The molecular formula is C21H24N2O3. The molecule has 4 rings (SSSR count). The van der Waals surface area contributed by atoms with E-state index in [1.807, 2.05) is 30.3 Å². The fourth-order valence-electron chi connectivity index (χ4n) is 3.38. The van der Waals surface area contributed by atoms with Gasteiger partial charge in [-0.05, 0) is 54.2 Å². The molecule has 2 aromatic carbocycles. The molecule has 0 saturated heterocycles. The van der Waals surface area contributed by atoms with E-state index in [-0.39, 0.29) is 5.91 Å². The van der Waals surface area contributed by atoms with Gasteiger partial charge in [-0.25, -0.2) is 0 Å². The van der Waals surface area contributed by atoms with Gasteiger partial charge < -0.3 is 20.1 Å². The fraction of sp³-hybridized carbons (Fsp3) is 0.381. The van der Waals surface area contributed by atoms with Crippen molar-refractivity contribution in [3.05, 3.63) is 53.6 Å². The zero-order valence-electron chi connectivity index (χ0n) is 15.0. The minimum Gasteiger partial charge on any atom is -0.486 e. The molecule has 136 valence electrons. The van der Waals surface area contributed by atoms with Crippen LogP contribution in [0, 0.1) is 5.92 Å². The highest BCUT2D eigenvalue weighted by Crippen LogP contribution is 2.43. The first-order valence-electron chi connectivity index (χ1n) is 9.18. The Morgan fingerprint density at radius 2 is 1.81 bits per heavy atom. The molecule has 2 aliphatic rings. The molecule has 1 atom stereocenters. The Hall–Kier alpha value is -2.53. The van der Waals surface area contributed by atoms with E-state index >= 15 is 0 Å². The van der Waals surface area contributed by atoms with Crippen molar-refractivity contribution < 1.29 is 14.3 Å². The van der Waals surface area contributed by atoms with Crippen molar-refractivity contribution in [3.63, 3.8) is 0 Å². The molecule has 5 heteroatoms. The summed E-state index contributed by atoms with van der Waals surface area (Å²) in [7, 11) is 0. The average Bonchev–Trinajstić information content (AvgIpc) is 3.48. The van der Waals surface area contributed by atoms with Crippen LogP contribution in [0.1, 0.15) is 36.9 Å². The summed E-state index contributed by atoms with van der Waals surface area (Å²) in [5.41, 5.74) is 3.28. The van der Waals surface area contributed by atoms with Crippen molar-refractivity contribution in [2.24, 2.45) is 5.92 Å². The van der Waals surface area contributed by atoms with Gasteiger partial charge in [-0.2, -0.15) is 0 Å². The van der Waals surface area contributed by atoms with Crippen molar-refractivity contribution in [3.8, 4) is 11.5 Å². The summed E-state index contributed by atoms with van der Waals surface area (Å²) >= 11 is 0. The first-order valence-corrected chi connectivity index (χ1v) is 9.18. The van der Waals surface area contributed by atoms with Crippen molar-refractivity contribution in [1.82, 2.24) is 5.32 Å². The smallest absolute Gasteiger partial charge is 0.221 e. The lowest BCUT2D eigenvalue weighted by molar-refractivity contribution is -0.114. The standard InChI is InChI=1S/C21H24N2O3/c1-14(24)23-18-7-2-15(3-8-18)13-22-21(16-4-5-16)17-6-9-19-20(12-17)26-11-10-25-19/h2-3,6-9,12,16,21-22H,4-5,10-11,13H2,1H3,(H,23,24). The number of hydrogen-bond donors (Lipinski definition) is 2. The lowest BCUT2D eigenvalue weighted by Gasteiger charge is -2.23. The van der Waals surface area contributed by atoms with Crippen LogP contribution in [0.5, 0.6) is 11.5 Å². The maximum Gasteiger partial charge on any atom is 0.221 e. The number of carbonyl (C=O) groups excluding carboxylic acids is 1. The largest absolute Gasteiger partial charge is 0.486 e. The van der Waals surface area contributed by atoms with Crippen molar-refractivity contribution in [1.29, 1.82) is 0 Å². The lowest BCUT2D eigenvalue weighted by Crippen LogP contribution is -2.23. The number of carbonyl (C=O) groups is 1. The molecule has 0 radical (unpaired) electrons. The number of rotatable bonds is 6. The number of ether oxygens (including phenoxy) is 2. The minimum absolute atomic E-state index is 0.0525. The molecule has 1 saturated carbocycles. The predicted molar refractivity (Wildman–Crippen MR) is 100 cm³/mol. The third kappa shape index (κ3) is 3.99. The third-order valence-electron chi connectivity index (χ3n) is 4.82. The fourth-order valence-corrected chi connectivity index (χ4v) is 3.38. The molecule has 1 unspecified atom stereocenters. The van der Waals surface area contributed by atoms with Crippen molar-refractivity contribution in [2.45, 2.75) is 32.4 Å². The van der Waals surface area contributed by atoms with Crippen LogP contribution in [0.25, 0.3) is 0 Å². The number of hydrogen-bond acceptors (Lipinski definition) is 4. The Balaban J connectivity index is 1.44. The van der Waals surface area contributed by atoms with E-state index in [9.17, 15) is 4.79 Å². The SMILES string of the molecule is CC(=O)Nc1ccc(CNC(c2ccc3c(c2)OCCO3)C2CC2)cc1. The van der Waals surface area contributed by atoms with E-state index in [0.717, 1.165) is 23.7 Å². The van der Waals surface area contributed by atoms with Crippen LogP contribution >= 0.6 is 0 Å². The van der Waals surface area contributed by atoms with Gasteiger partial charge in [0.2, 0.25) is 5.91 Å². The lowest BCUT2D eigenvalue weighted by atomic mass is 10.0. The van der Waals surface area contributed by atoms with Crippen LogP contribution in [-0.4, -0.2) is 19.1 Å². The minimum atomic E-state index is -0.0525. The monoisotopic (exact) mass is 352 g/mol. The van der Waals surface area contributed by atoms with E-state index in [1.54, 1.807) is 0 Å². The van der Waals surface area contributed by atoms with Gasteiger partial charge in [0.15, 0.2) is 11.5 Å². The third-order valence-corrected chi connectivity index (χ3v) is 4.82. The maximum atomic E-state index is 11.1. The molecule has 26 heavy (non-hydrogen) atoms. The van der Waals surface area contributed by atoms with E-state index in [4.69, 9.17) is 9.47 Å². The van der Waals surface area contributed by atoms with Gasteiger partial charge in [0.05, 0.1) is 0 Å². The zero-order valence-corrected chi connectivity index (χ0v) is 15.0. The van der Waals surface area contributed by atoms with Crippen LogP contribution in [0.4, 0.5) is 5.69 Å². The molecule has 2 N–H and O–H groups in total. The highest BCUT2D eigenvalue weighted by molar-refractivity contribution is 5.88. The molecule has 1 heterocycles. The molecule has 1 aliphatic heterocycles. The van der Waals surface area contributed by atoms with Gasteiger partial charge in [-0.1, -0.05) is 18.2 Å². The first kappa shape index (κ1) is 16.9. The van der Waals surface area contributed by atoms with Crippen LogP contribution in [0.15, 0.2) is 42.5 Å². The topological polar surface area (TPSA) is 59.6 Å². The highest BCUT2D eigenvalue weighted by Gasteiger charge is 2.32. The normalized spacial score (nSPS) is 16.8. The Morgan fingerprint density at radius 3 is 2.50 bits per heavy atom. The molecule has 0 spiro atoms. The zero-order chi connectivity index (χ0) is 17.9. The predicted octanol–water partition coefficient (Wildman–Crippen LogP) is 3.66. The summed E-state index contributed by atoms with van der Waals surface area (Å²) in [6.07, 6.45) is 2.52. The highest BCUT2D eigenvalue weighted by atomic mass is 16.6. The summed E-state index contributed by atoms with van der Waals surface area (Å²) in [6, 6.07) is 14.6. The number of benzene rings is 2. The number of anilines is 1. The van der Waals surface area contributed by atoms with E-state index in [1.165, 1.54) is 30.9 Å². The van der Waals surface area contributed by atoms with Gasteiger partial charge >= 0.3 is 0 Å². The molecule has 1 amide bonds. The number of amides is 1. The number of fused-ring (bicyclic) bond motifs is 1. The summed E-state index contributed by atoms with van der Waals surface area (Å²) in [5.74, 6) is 2.31. The van der Waals surface area contributed by atoms with Gasteiger partial charge in [-0.15, -0.1) is 0 Å². The molecule has 1 fully saturated rings. The second kappa shape index (κ2) is 7.38. The Bertz CT molecular complexity index is 784. The molecule has 5 nitrogen and oxygen atoms in total. The second-order valence-corrected chi connectivity index (χ2v) is 6.98. The summed E-state index contributed by atoms with van der Waals surface area (Å²) in [4.78, 5) is 11.1. The summed E-state index contributed by atoms with van der Waals surface area (Å²) < 4.78 is 11.4. The van der Waals surface area contributed by atoms with E-state index in [0.29, 0.717) is 25.2 Å². The van der Waals surface area contributed by atoms with E-state index in [2.05, 4.69) is 22.8 Å². The van der Waals surface area contributed by atoms with Crippen LogP contribution in [0.3, 0.4) is 0 Å². The van der Waals surface area contributed by atoms with Gasteiger partial charge in [0.1, 0.15) is 13.2 Å². The van der Waals surface area contributed by atoms with Crippen LogP contribution in [-0.2, 0) is 11.3 Å². The van der Waals surface area contributed by atoms with Crippen LogP contribution in [0.2, 0.25) is 0 Å². The number of nitrogens with one attached hydrogen (secondary N) is 2. The Labute approximate surface area is 153 Å². The average molecular weight is 352 g/mol. The maximum absolute atomic E-state index is 11.1.